The van der Waals surface area contributed by atoms with Crippen molar-refractivity contribution in [1.82, 2.24) is 0 Å². The first-order valence-corrected chi connectivity index (χ1v) is 6.38. The molecule has 0 unspecified atom stereocenters. The van der Waals surface area contributed by atoms with Gasteiger partial charge in [-0.3, -0.25) is 4.79 Å². The lowest BCUT2D eigenvalue weighted by Gasteiger charge is -2.19. The highest BCUT2D eigenvalue weighted by molar-refractivity contribution is 5.83. The van der Waals surface area contributed by atoms with Gasteiger partial charge in [-0.25, -0.2) is 0 Å². The van der Waals surface area contributed by atoms with Crippen molar-refractivity contribution in [2.45, 2.75) is 33.6 Å². The van der Waals surface area contributed by atoms with Crippen molar-refractivity contribution in [2.24, 2.45) is 5.41 Å². The molecule has 1 aromatic carbocycles. The summed E-state index contributed by atoms with van der Waals surface area (Å²) in [7, 11) is 0. The van der Waals surface area contributed by atoms with E-state index in [1.165, 1.54) is 0 Å². The van der Waals surface area contributed by atoms with Gasteiger partial charge < -0.3 is 9.47 Å². The second kappa shape index (κ2) is 5.01. The third-order valence-corrected chi connectivity index (χ3v) is 3.08. The van der Waals surface area contributed by atoms with E-state index in [0.717, 1.165) is 23.5 Å². The Bertz CT molecular complexity index is 444. The van der Waals surface area contributed by atoms with E-state index < -0.39 is 0 Å². The normalized spacial score (nSPS) is 14.4. The molecule has 1 aliphatic rings. The molecule has 0 saturated carbocycles. The van der Waals surface area contributed by atoms with E-state index >= 15 is 0 Å². The Morgan fingerprint density at radius 2 is 1.83 bits per heavy atom. The Kier molecular flexibility index (Phi) is 3.60. The minimum absolute atomic E-state index is 0.256. The van der Waals surface area contributed by atoms with Crippen LogP contribution in [0.5, 0.6) is 11.5 Å². The summed E-state index contributed by atoms with van der Waals surface area (Å²) in [6.45, 7) is 7.07. The maximum atomic E-state index is 11.9. The Labute approximate surface area is 108 Å². The second-order valence-corrected chi connectivity index (χ2v) is 5.65. The van der Waals surface area contributed by atoms with Gasteiger partial charge in [-0.05, 0) is 24.1 Å². The van der Waals surface area contributed by atoms with Gasteiger partial charge in [0.1, 0.15) is 19.0 Å². The number of carbonyl (C=O) groups is 1. The van der Waals surface area contributed by atoms with Gasteiger partial charge in [-0.15, -0.1) is 0 Å². The van der Waals surface area contributed by atoms with Crippen molar-refractivity contribution < 1.29 is 14.3 Å². The number of benzene rings is 1. The molecule has 1 aromatic rings. The SMILES string of the molecule is CC(C)(C)C(=O)CCc1ccc2c(c1)OCCO2. The average molecular weight is 248 g/mol. The molecule has 0 fully saturated rings. The van der Waals surface area contributed by atoms with Gasteiger partial charge in [0.15, 0.2) is 11.5 Å². The van der Waals surface area contributed by atoms with Crippen LogP contribution >= 0.6 is 0 Å². The highest BCUT2D eigenvalue weighted by Gasteiger charge is 2.20. The summed E-state index contributed by atoms with van der Waals surface area (Å²) in [6, 6.07) is 5.90. The van der Waals surface area contributed by atoms with Crippen LogP contribution in [-0.2, 0) is 11.2 Å². The molecule has 18 heavy (non-hydrogen) atoms. The van der Waals surface area contributed by atoms with Crippen molar-refractivity contribution in [3.8, 4) is 11.5 Å². The molecule has 98 valence electrons. The number of rotatable bonds is 3. The van der Waals surface area contributed by atoms with E-state index in [1.54, 1.807) is 0 Å². The van der Waals surface area contributed by atoms with E-state index in [2.05, 4.69) is 0 Å². The van der Waals surface area contributed by atoms with Crippen LogP contribution in [0.1, 0.15) is 32.8 Å². The smallest absolute Gasteiger partial charge is 0.161 e. The summed E-state index contributed by atoms with van der Waals surface area (Å²) in [5, 5.41) is 0. The largest absolute Gasteiger partial charge is 0.486 e. The van der Waals surface area contributed by atoms with Crippen LogP contribution in [0.3, 0.4) is 0 Å². The van der Waals surface area contributed by atoms with Gasteiger partial charge in [0.05, 0.1) is 0 Å². The van der Waals surface area contributed by atoms with Gasteiger partial charge in [0.25, 0.3) is 0 Å². The molecule has 0 radical (unpaired) electrons. The molecule has 0 aliphatic carbocycles. The second-order valence-electron chi connectivity index (χ2n) is 5.65. The quantitative estimate of drug-likeness (QED) is 0.825. The molecule has 0 spiro atoms. The Morgan fingerprint density at radius 3 is 2.50 bits per heavy atom. The maximum absolute atomic E-state index is 11.9. The van der Waals surface area contributed by atoms with Crippen LogP contribution in [0.2, 0.25) is 0 Å². The maximum Gasteiger partial charge on any atom is 0.161 e. The van der Waals surface area contributed by atoms with Crippen molar-refractivity contribution in [1.29, 1.82) is 0 Å². The lowest BCUT2D eigenvalue weighted by Crippen LogP contribution is -2.20. The minimum Gasteiger partial charge on any atom is -0.486 e. The zero-order valence-electron chi connectivity index (χ0n) is 11.3. The van der Waals surface area contributed by atoms with E-state index in [9.17, 15) is 4.79 Å². The van der Waals surface area contributed by atoms with E-state index in [0.29, 0.717) is 19.6 Å². The third-order valence-electron chi connectivity index (χ3n) is 3.08. The molecule has 0 saturated heterocycles. The topological polar surface area (TPSA) is 35.5 Å². The minimum atomic E-state index is -0.256. The zero-order valence-corrected chi connectivity index (χ0v) is 11.3. The van der Waals surface area contributed by atoms with Crippen LogP contribution < -0.4 is 9.47 Å². The molecular weight excluding hydrogens is 228 g/mol. The number of ketones is 1. The third kappa shape index (κ3) is 3.03. The van der Waals surface area contributed by atoms with Crippen LogP contribution in [0.4, 0.5) is 0 Å². The van der Waals surface area contributed by atoms with E-state index in [1.807, 2.05) is 39.0 Å². The van der Waals surface area contributed by atoms with Crippen LogP contribution in [0, 0.1) is 5.41 Å². The predicted molar refractivity (Wildman–Crippen MR) is 70.2 cm³/mol. The van der Waals surface area contributed by atoms with Gasteiger partial charge in [0.2, 0.25) is 0 Å². The summed E-state index contributed by atoms with van der Waals surface area (Å²) in [5.74, 6) is 1.88. The Morgan fingerprint density at radius 1 is 1.17 bits per heavy atom. The molecule has 1 aliphatic heterocycles. The first-order chi connectivity index (χ1) is 8.47. The first kappa shape index (κ1) is 12.9. The monoisotopic (exact) mass is 248 g/mol. The van der Waals surface area contributed by atoms with Gasteiger partial charge in [-0.2, -0.15) is 0 Å². The summed E-state index contributed by atoms with van der Waals surface area (Å²) in [5.41, 5.74) is 0.866. The van der Waals surface area contributed by atoms with Gasteiger partial charge in [0, 0.05) is 11.8 Å². The summed E-state index contributed by atoms with van der Waals surface area (Å²) in [6.07, 6.45) is 1.33. The number of ether oxygens (including phenoxy) is 2. The Hall–Kier alpha value is -1.51. The molecule has 3 heteroatoms. The molecule has 0 aromatic heterocycles. The average Bonchev–Trinajstić information content (AvgIpc) is 2.34. The fourth-order valence-electron chi connectivity index (χ4n) is 1.88. The first-order valence-electron chi connectivity index (χ1n) is 6.38. The van der Waals surface area contributed by atoms with E-state index in [4.69, 9.17) is 9.47 Å². The number of carbonyl (C=O) groups excluding carboxylic acids is 1. The number of Topliss-reactive ketones (excluding diaryl/α,β-unsaturated/α-hetero) is 1. The van der Waals surface area contributed by atoms with Crippen LogP contribution in [0.15, 0.2) is 18.2 Å². The predicted octanol–water partition coefficient (Wildman–Crippen LogP) is 3.01. The number of hydrogen-bond acceptors (Lipinski definition) is 3. The highest BCUT2D eigenvalue weighted by atomic mass is 16.6. The molecule has 2 rings (SSSR count). The molecule has 0 bridgehead atoms. The van der Waals surface area contributed by atoms with Gasteiger partial charge >= 0.3 is 0 Å². The lowest BCUT2D eigenvalue weighted by atomic mass is 9.87. The molecule has 0 N–H and O–H groups in total. The van der Waals surface area contributed by atoms with Crippen molar-refractivity contribution in [2.75, 3.05) is 13.2 Å². The molecule has 3 nitrogen and oxygen atoms in total. The van der Waals surface area contributed by atoms with Crippen LogP contribution in [-0.4, -0.2) is 19.0 Å². The molecule has 0 amide bonds. The number of fused-ring (bicyclic) bond motifs is 1. The highest BCUT2D eigenvalue weighted by Crippen LogP contribution is 2.31. The van der Waals surface area contributed by atoms with Gasteiger partial charge in [-0.1, -0.05) is 26.8 Å². The van der Waals surface area contributed by atoms with Crippen molar-refractivity contribution in [3.63, 3.8) is 0 Å². The Balaban J connectivity index is 2.00. The van der Waals surface area contributed by atoms with Crippen molar-refractivity contribution in [3.05, 3.63) is 23.8 Å². The summed E-state index contributed by atoms with van der Waals surface area (Å²) in [4.78, 5) is 11.9. The standard InChI is InChI=1S/C15H20O3/c1-15(2,3)14(16)7-5-11-4-6-12-13(10-11)18-9-8-17-12/h4,6,10H,5,7-9H2,1-3H3. The fourth-order valence-corrected chi connectivity index (χ4v) is 1.88. The molecule has 0 atom stereocenters. The molecule has 1 heterocycles. The number of hydrogen-bond donors (Lipinski definition) is 0. The zero-order chi connectivity index (χ0) is 13.2. The molecular formula is C15H20O3. The summed E-state index contributed by atoms with van der Waals surface area (Å²) >= 11 is 0. The summed E-state index contributed by atoms with van der Waals surface area (Å²) < 4.78 is 11.0. The van der Waals surface area contributed by atoms with Crippen LogP contribution in [0.25, 0.3) is 0 Å². The number of aryl methyl sites for hydroxylation is 1. The fraction of sp³-hybridized carbons (Fsp3) is 0.533. The van der Waals surface area contributed by atoms with Crippen molar-refractivity contribution >= 4 is 5.78 Å². The lowest BCUT2D eigenvalue weighted by molar-refractivity contribution is -0.126. The van der Waals surface area contributed by atoms with E-state index in [-0.39, 0.29) is 11.2 Å².